The van der Waals surface area contributed by atoms with E-state index in [0.717, 1.165) is 28.1 Å². The summed E-state index contributed by atoms with van der Waals surface area (Å²) in [5.74, 6) is 0. The number of halogens is 2. The van der Waals surface area contributed by atoms with E-state index in [1.165, 1.54) is 12.0 Å². The summed E-state index contributed by atoms with van der Waals surface area (Å²) in [5, 5.41) is 0.636. The molecule has 2 rings (SSSR count). The van der Waals surface area contributed by atoms with Gasteiger partial charge in [0.05, 0.1) is 5.38 Å². The van der Waals surface area contributed by atoms with E-state index in [1.807, 2.05) is 25.1 Å². The van der Waals surface area contributed by atoms with Gasteiger partial charge in [-0.3, -0.25) is 0 Å². The third-order valence-corrected chi connectivity index (χ3v) is 4.04. The van der Waals surface area contributed by atoms with Gasteiger partial charge in [0.15, 0.2) is 0 Å². The Morgan fingerprint density at radius 2 is 1.74 bits per heavy atom. The van der Waals surface area contributed by atoms with Gasteiger partial charge in [-0.2, -0.15) is 0 Å². The van der Waals surface area contributed by atoms with Gasteiger partial charge in [0.2, 0.25) is 0 Å². The van der Waals surface area contributed by atoms with Crippen molar-refractivity contribution in [2.24, 2.45) is 0 Å². The molecule has 1 atom stereocenters. The number of hydrogen-bond donors (Lipinski definition) is 0. The lowest BCUT2D eigenvalue weighted by Gasteiger charge is -2.14. The van der Waals surface area contributed by atoms with Gasteiger partial charge in [0, 0.05) is 5.02 Å². The lowest BCUT2D eigenvalue weighted by Crippen LogP contribution is -1.96. The molecule has 0 spiro atoms. The molecule has 2 heteroatoms. The largest absolute Gasteiger partial charge is 0.113 e. The summed E-state index contributed by atoms with van der Waals surface area (Å²) in [4.78, 5) is 0. The van der Waals surface area contributed by atoms with Crippen LogP contribution in [0.25, 0.3) is 0 Å². The number of benzene rings is 2. The van der Waals surface area contributed by atoms with Crippen LogP contribution in [0.4, 0.5) is 0 Å². The van der Waals surface area contributed by atoms with Crippen molar-refractivity contribution < 1.29 is 0 Å². The van der Waals surface area contributed by atoms with Crippen molar-refractivity contribution in [3.8, 4) is 0 Å². The quantitative estimate of drug-likeness (QED) is 0.613. The molecule has 0 saturated carbocycles. The van der Waals surface area contributed by atoms with Crippen LogP contribution in [-0.2, 0) is 6.42 Å². The van der Waals surface area contributed by atoms with Crippen molar-refractivity contribution in [3.63, 3.8) is 0 Å². The molecule has 0 bridgehead atoms. The molecule has 0 amide bonds. The van der Waals surface area contributed by atoms with Gasteiger partial charge < -0.3 is 0 Å². The van der Waals surface area contributed by atoms with Crippen LogP contribution in [0.15, 0.2) is 42.5 Å². The van der Waals surface area contributed by atoms with E-state index < -0.39 is 0 Å². The highest BCUT2D eigenvalue weighted by atomic mass is 35.5. The number of hydrogen-bond acceptors (Lipinski definition) is 0. The van der Waals surface area contributed by atoms with Crippen LogP contribution in [-0.4, -0.2) is 0 Å². The summed E-state index contributed by atoms with van der Waals surface area (Å²) in [7, 11) is 0. The zero-order chi connectivity index (χ0) is 13.8. The Hall–Kier alpha value is -0.980. The molecule has 0 aliphatic carbocycles. The lowest BCUT2D eigenvalue weighted by atomic mass is 9.98. The minimum atomic E-state index is -0.118. The Morgan fingerprint density at radius 1 is 1.05 bits per heavy atom. The Labute approximate surface area is 125 Å². The van der Waals surface area contributed by atoms with Crippen molar-refractivity contribution in [3.05, 3.63) is 69.7 Å². The second-order valence-corrected chi connectivity index (χ2v) is 5.73. The third kappa shape index (κ3) is 3.52. The second kappa shape index (κ2) is 6.45. The van der Waals surface area contributed by atoms with Crippen molar-refractivity contribution in [2.45, 2.75) is 32.1 Å². The maximum absolute atomic E-state index is 6.58. The highest BCUT2D eigenvalue weighted by molar-refractivity contribution is 6.30. The predicted molar refractivity (Wildman–Crippen MR) is 84.3 cm³/mol. The smallest absolute Gasteiger partial charge is 0.0838 e. The fraction of sp³-hybridized carbons (Fsp3) is 0.294. The summed E-state index contributed by atoms with van der Waals surface area (Å²) in [6, 6.07) is 14.4. The van der Waals surface area contributed by atoms with E-state index in [4.69, 9.17) is 23.2 Å². The van der Waals surface area contributed by atoms with E-state index in [1.54, 1.807) is 0 Å². The summed E-state index contributed by atoms with van der Waals surface area (Å²) >= 11 is 12.6. The van der Waals surface area contributed by atoms with Gasteiger partial charge in [0.1, 0.15) is 0 Å². The molecule has 19 heavy (non-hydrogen) atoms. The molecule has 0 aliphatic heterocycles. The highest BCUT2D eigenvalue weighted by Crippen LogP contribution is 2.32. The SMILES string of the molecule is CCCc1ccc(C(Cl)c2ccc(Cl)cc2C)cc1. The first-order chi connectivity index (χ1) is 9.11. The summed E-state index contributed by atoms with van der Waals surface area (Å²) in [6.07, 6.45) is 2.28. The molecule has 2 aromatic carbocycles. The molecular formula is C17H18Cl2. The van der Waals surface area contributed by atoms with Gasteiger partial charge in [-0.1, -0.05) is 55.3 Å². The van der Waals surface area contributed by atoms with Crippen molar-refractivity contribution in [1.82, 2.24) is 0 Å². The van der Waals surface area contributed by atoms with Crippen molar-refractivity contribution in [1.29, 1.82) is 0 Å². The van der Waals surface area contributed by atoms with E-state index in [0.29, 0.717) is 0 Å². The zero-order valence-electron chi connectivity index (χ0n) is 11.3. The minimum Gasteiger partial charge on any atom is -0.113 e. The maximum Gasteiger partial charge on any atom is 0.0838 e. The van der Waals surface area contributed by atoms with Crippen LogP contribution >= 0.6 is 23.2 Å². The Balaban J connectivity index is 2.25. The number of rotatable bonds is 4. The monoisotopic (exact) mass is 292 g/mol. The molecule has 0 saturated heterocycles. The molecule has 0 heterocycles. The molecule has 0 fully saturated rings. The van der Waals surface area contributed by atoms with Crippen LogP contribution in [0.5, 0.6) is 0 Å². The van der Waals surface area contributed by atoms with E-state index in [-0.39, 0.29) is 5.38 Å². The van der Waals surface area contributed by atoms with E-state index in [9.17, 15) is 0 Å². The average Bonchev–Trinajstić information content (AvgIpc) is 2.39. The van der Waals surface area contributed by atoms with E-state index in [2.05, 4.69) is 31.2 Å². The molecule has 0 nitrogen and oxygen atoms in total. The van der Waals surface area contributed by atoms with Crippen LogP contribution < -0.4 is 0 Å². The van der Waals surface area contributed by atoms with Crippen LogP contribution in [0.3, 0.4) is 0 Å². The maximum atomic E-state index is 6.58. The molecule has 0 aromatic heterocycles. The standard InChI is InChI=1S/C17H18Cl2/c1-3-4-13-5-7-14(8-6-13)17(19)16-10-9-15(18)11-12(16)2/h5-11,17H,3-4H2,1-2H3. The summed E-state index contributed by atoms with van der Waals surface area (Å²) in [5.41, 5.74) is 4.74. The van der Waals surface area contributed by atoms with Crippen LogP contribution in [0.1, 0.15) is 41.0 Å². The molecule has 100 valence electrons. The fourth-order valence-corrected chi connectivity index (χ4v) is 2.86. The molecule has 1 unspecified atom stereocenters. The number of alkyl halides is 1. The number of aryl methyl sites for hydroxylation is 2. The Kier molecular flexibility index (Phi) is 4.90. The van der Waals surface area contributed by atoms with Crippen LogP contribution in [0, 0.1) is 6.92 Å². The van der Waals surface area contributed by atoms with E-state index >= 15 is 0 Å². The Bertz CT molecular complexity index is 544. The predicted octanol–water partition coefficient (Wildman–Crippen LogP) is 5.93. The first-order valence-corrected chi connectivity index (χ1v) is 7.42. The fourth-order valence-electron chi connectivity index (χ4n) is 2.24. The second-order valence-electron chi connectivity index (χ2n) is 4.86. The molecule has 0 radical (unpaired) electrons. The first-order valence-electron chi connectivity index (χ1n) is 6.60. The average molecular weight is 293 g/mol. The summed E-state index contributed by atoms with van der Waals surface area (Å²) < 4.78 is 0. The van der Waals surface area contributed by atoms with Crippen molar-refractivity contribution >= 4 is 23.2 Å². The van der Waals surface area contributed by atoms with Crippen LogP contribution in [0.2, 0.25) is 5.02 Å². The molecular weight excluding hydrogens is 275 g/mol. The zero-order valence-corrected chi connectivity index (χ0v) is 12.8. The molecule has 0 aliphatic rings. The topological polar surface area (TPSA) is 0 Å². The van der Waals surface area contributed by atoms with Gasteiger partial charge in [-0.15, -0.1) is 11.6 Å². The summed E-state index contributed by atoms with van der Waals surface area (Å²) in [6.45, 7) is 4.23. The normalized spacial score (nSPS) is 12.4. The lowest BCUT2D eigenvalue weighted by molar-refractivity contribution is 0.920. The van der Waals surface area contributed by atoms with Crippen molar-refractivity contribution in [2.75, 3.05) is 0 Å². The van der Waals surface area contributed by atoms with Gasteiger partial charge in [-0.25, -0.2) is 0 Å². The minimum absolute atomic E-state index is 0.118. The molecule has 0 N–H and O–H groups in total. The Morgan fingerprint density at radius 3 is 2.32 bits per heavy atom. The van der Waals surface area contributed by atoms with Gasteiger partial charge in [0.25, 0.3) is 0 Å². The molecule has 2 aromatic rings. The van der Waals surface area contributed by atoms with Gasteiger partial charge in [-0.05, 0) is 47.7 Å². The highest BCUT2D eigenvalue weighted by Gasteiger charge is 2.13. The van der Waals surface area contributed by atoms with Gasteiger partial charge >= 0.3 is 0 Å². The first kappa shape index (κ1) is 14.4. The third-order valence-electron chi connectivity index (χ3n) is 3.32.